The first-order valence-electron chi connectivity index (χ1n) is 6.51. The van der Waals surface area contributed by atoms with Crippen LogP contribution in [0.15, 0.2) is 0 Å². The zero-order valence-electron chi connectivity index (χ0n) is 10.7. The number of rotatable bonds is 6. The predicted octanol–water partition coefficient (Wildman–Crippen LogP) is 0.133. The van der Waals surface area contributed by atoms with Crippen LogP contribution in [0.1, 0.15) is 19.3 Å². The minimum absolute atomic E-state index is 0.00996. The van der Waals surface area contributed by atoms with Gasteiger partial charge >= 0.3 is 0 Å². The van der Waals surface area contributed by atoms with Crippen molar-refractivity contribution in [3.63, 3.8) is 0 Å². The molecule has 0 aromatic carbocycles. The van der Waals surface area contributed by atoms with Crippen molar-refractivity contribution in [2.45, 2.75) is 30.9 Å². The molecule has 2 unspecified atom stereocenters. The molecular formula is C12H22N2O3S. The molecule has 3 N–H and O–H groups in total. The fourth-order valence-electron chi connectivity index (χ4n) is 2.57. The van der Waals surface area contributed by atoms with Gasteiger partial charge in [-0.15, -0.1) is 0 Å². The molecule has 2 saturated heterocycles. The Balaban J connectivity index is 1.62. The lowest BCUT2D eigenvalue weighted by atomic mass is 9.90. The van der Waals surface area contributed by atoms with Gasteiger partial charge in [0.25, 0.3) is 0 Å². The van der Waals surface area contributed by atoms with Gasteiger partial charge in [-0.1, -0.05) is 0 Å². The Hall–Kier alpha value is -0.300. The molecule has 0 aliphatic carbocycles. The lowest BCUT2D eigenvalue weighted by Gasteiger charge is -2.38. The number of primary amides is 1. The van der Waals surface area contributed by atoms with Gasteiger partial charge in [0, 0.05) is 24.9 Å². The first kappa shape index (κ1) is 14.1. The lowest BCUT2D eigenvalue weighted by molar-refractivity contribution is -0.122. The van der Waals surface area contributed by atoms with E-state index in [0.29, 0.717) is 12.6 Å². The highest BCUT2D eigenvalue weighted by Gasteiger charge is 2.40. The molecule has 0 bridgehead atoms. The quantitative estimate of drug-likeness (QED) is 0.674. The molecule has 2 atom stereocenters. The van der Waals surface area contributed by atoms with E-state index in [4.69, 9.17) is 15.2 Å². The molecule has 0 aromatic rings. The summed E-state index contributed by atoms with van der Waals surface area (Å²) in [5, 5.41) is 3.48. The van der Waals surface area contributed by atoms with Crippen LogP contribution < -0.4 is 11.1 Å². The van der Waals surface area contributed by atoms with Crippen LogP contribution in [0.4, 0.5) is 0 Å². The van der Waals surface area contributed by atoms with Crippen molar-refractivity contribution >= 4 is 17.7 Å². The standard InChI is InChI=1S/C12H22N2O3S/c13-11(15)8-16-5-3-14-10-1-4-17-12(7-10)2-6-18-9-12/h10,14H,1-9H2,(H2,13,15). The fourth-order valence-corrected chi connectivity index (χ4v) is 3.95. The SMILES string of the molecule is NC(=O)COCCNC1CCOC2(CCSC2)C1. The molecule has 104 valence electrons. The third-order valence-electron chi connectivity index (χ3n) is 3.48. The number of hydrogen-bond donors (Lipinski definition) is 2. The van der Waals surface area contributed by atoms with Crippen molar-refractivity contribution < 1.29 is 14.3 Å². The van der Waals surface area contributed by atoms with Crippen LogP contribution >= 0.6 is 11.8 Å². The topological polar surface area (TPSA) is 73.6 Å². The zero-order chi connectivity index (χ0) is 12.8. The second-order valence-corrected chi connectivity index (χ2v) is 6.10. The summed E-state index contributed by atoms with van der Waals surface area (Å²) >= 11 is 1.99. The minimum atomic E-state index is -0.414. The van der Waals surface area contributed by atoms with Crippen LogP contribution in [0, 0.1) is 0 Å². The predicted molar refractivity (Wildman–Crippen MR) is 71.7 cm³/mol. The highest BCUT2D eigenvalue weighted by molar-refractivity contribution is 7.99. The fraction of sp³-hybridized carbons (Fsp3) is 0.917. The molecule has 18 heavy (non-hydrogen) atoms. The Kier molecular flexibility index (Phi) is 5.29. The van der Waals surface area contributed by atoms with Crippen LogP contribution in [0.25, 0.3) is 0 Å². The van der Waals surface area contributed by atoms with Gasteiger partial charge in [-0.25, -0.2) is 0 Å². The molecule has 2 aliphatic heterocycles. The molecule has 0 radical (unpaired) electrons. The minimum Gasteiger partial charge on any atom is -0.374 e. The molecule has 1 amide bonds. The number of hydrogen-bond acceptors (Lipinski definition) is 5. The summed E-state index contributed by atoms with van der Waals surface area (Å²) in [5.41, 5.74) is 5.11. The maximum Gasteiger partial charge on any atom is 0.243 e. The van der Waals surface area contributed by atoms with Crippen molar-refractivity contribution in [2.24, 2.45) is 5.73 Å². The monoisotopic (exact) mass is 274 g/mol. The molecule has 0 aromatic heterocycles. The van der Waals surface area contributed by atoms with Gasteiger partial charge < -0.3 is 20.5 Å². The smallest absolute Gasteiger partial charge is 0.243 e. The number of ether oxygens (including phenoxy) is 2. The van der Waals surface area contributed by atoms with Crippen molar-refractivity contribution in [1.29, 1.82) is 0 Å². The maximum atomic E-state index is 10.5. The van der Waals surface area contributed by atoms with E-state index < -0.39 is 5.91 Å². The summed E-state index contributed by atoms with van der Waals surface area (Å²) < 4.78 is 11.1. The molecule has 2 heterocycles. The largest absolute Gasteiger partial charge is 0.374 e. The molecule has 1 spiro atoms. The summed E-state index contributed by atoms with van der Waals surface area (Å²) in [4.78, 5) is 10.5. The maximum absolute atomic E-state index is 10.5. The molecular weight excluding hydrogens is 252 g/mol. The van der Waals surface area contributed by atoms with E-state index in [1.54, 1.807) is 0 Å². The zero-order valence-corrected chi connectivity index (χ0v) is 11.5. The average Bonchev–Trinajstić information content (AvgIpc) is 2.76. The molecule has 2 rings (SSSR count). The van der Waals surface area contributed by atoms with Crippen molar-refractivity contribution in [2.75, 3.05) is 37.9 Å². The summed E-state index contributed by atoms with van der Waals surface area (Å²) in [6.45, 7) is 2.15. The molecule has 2 fully saturated rings. The van der Waals surface area contributed by atoms with Crippen molar-refractivity contribution in [3.05, 3.63) is 0 Å². The van der Waals surface area contributed by atoms with E-state index in [0.717, 1.165) is 31.7 Å². The Morgan fingerprint density at radius 1 is 1.61 bits per heavy atom. The van der Waals surface area contributed by atoms with Crippen LogP contribution in [-0.2, 0) is 14.3 Å². The Bertz CT molecular complexity index is 282. The first-order valence-corrected chi connectivity index (χ1v) is 7.67. The Morgan fingerprint density at radius 3 is 3.22 bits per heavy atom. The molecule has 5 nitrogen and oxygen atoms in total. The van der Waals surface area contributed by atoms with E-state index in [9.17, 15) is 4.79 Å². The number of thioether (sulfide) groups is 1. The second kappa shape index (κ2) is 6.75. The van der Waals surface area contributed by atoms with Gasteiger partial charge in [-0.05, 0) is 25.0 Å². The Labute approximate surface area is 112 Å². The highest BCUT2D eigenvalue weighted by atomic mass is 32.2. The second-order valence-electron chi connectivity index (χ2n) is 5.00. The average molecular weight is 274 g/mol. The van der Waals surface area contributed by atoms with Crippen LogP contribution in [0.3, 0.4) is 0 Å². The number of carbonyl (C=O) groups is 1. The van der Waals surface area contributed by atoms with Crippen LogP contribution in [0.5, 0.6) is 0 Å². The van der Waals surface area contributed by atoms with Gasteiger partial charge in [-0.2, -0.15) is 11.8 Å². The first-order chi connectivity index (χ1) is 8.70. The number of carbonyl (C=O) groups excluding carboxylic acids is 1. The number of amides is 1. The van der Waals surface area contributed by atoms with E-state index >= 15 is 0 Å². The van der Waals surface area contributed by atoms with Crippen LogP contribution in [0.2, 0.25) is 0 Å². The lowest BCUT2D eigenvalue weighted by Crippen LogP contribution is -2.47. The van der Waals surface area contributed by atoms with Crippen molar-refractivity contribution in [3.8, 4) is 0 Å². The van der Waals surface area contributed by atoms with Gasteiger partial charge in [-0.3, -0.25) is 4.79 Å². The number of nitrogens with one attached hydrogen (secondary N) is 1. The van der Waals surface area contributed by atoms with Gasteiger partial charge in [0.1, 0.15) is 6.61 Å². The summed E-state index contributed by atoms with van der Waals surface area (Å²) in [6.07, 6.45) is 3.33. The van der Waals surface area contributed by atoms with Gasteiger partial charge in [0.2, 0.25) is 5.91 Å². The summed E-state index contributed by atoms with van der Waals surface area (Å²) in [6, 6.07) is 0.509. The van der Waals surface area contributed by atoms with E-state index in [1.807, 2.05) is 11.8 Å². The number of nitrogens with two attached hydrogens (primary N) is 1. The molecule has 6 heteroatoms. The van der Waals surface area contributed by atoms with Gasteiger partial charge in [0.05, 0.1) is 12.2 Å². The van der Waals surface area contributed by atoms with Crippen LogP contribution in [-0.4, -0.2) is 55.4 Å². The summed E-state index contributed by atoms with van der Waals surface area (Å²) in [7, 11) is 0. The normalized spacial score (nSPS) is 31.9. The van der Waals surface area contributed by atoms with Crippen molar-refractivity contribution in [1.82, 2.24) is 5.32 Å². The third kappa shape index (κ3) is 4.12. The Morgan fingerprint density at radius 2 is 2.50 bits per heavy atom. The molecule has 0 saturated carbocycles. The highest BCUT2D eigenvalue weighted by Crippen LogP contribution is 2.38. The van der Waals surface area contributed by atoms with E-state index in [-0.39, 0.29) is 12.2 Å². The third-order valence-corrected chi connectivity index (χ3v) is 4.71. The van der Waals surface area contributed by atoms with E-state index in [2.05, 4.69) is 5.32 Å². The van der Waals surface area contributed by atoms with E-state index in [1.165, 1.54) is 12.2 Å². The molecule has 2 aliphatic rings. The van der Waals surface area contributed by atoms with Gasteiger partial charge in [0.15, 0.2) is 0 Å². The summed E-state index contributed by atoms with van der Waals surface area (Å²) in [5.74, 6) is 1.93.